The highest BCUT2D eigenvalue weighted by atomic mass is 16.5. The van der Waals surface area contributed by atoms with Gasteiger partial charge in [-0.1, -0.05) is 48.6 Å². The summed E-state index contributed by atoms with van der Waals surface area (Å²) in [6.07, 6.45) is 14.3. The van der Waals surface area contributed by atoms with E-state index in [9.17, 15) is 19.8 Å². The summed E-state index contributed by atoms with van der Waals surface area (Å²) in [5, 5.41) is 18.8. The predicted octanol–water partition coefficient (Wildman–Crippen LogP) is 2.18. The zero-order valence-corrected chi connectivity index (χ0v) is 11.6. The van der Waals surface area contributed by atoms with Crippen LogP contribution in [0, 0.1) is 10.8 Å². The van der Waals surface area contributed by atoms with Crippen LogP contribution in [-0.2, 0) is 14.3 Å². The molecule has 112 valence electrons. The fraction of sp³-hybridized carbons (Fsp3) is 0.375. The minimum atomic E-state index is -1.11. The van der Waals surface area contributed by atoms with Crippen LogP contribution in [0.3, 0.4) is 0 Å². The van der Waals surface area contributed by atoms with Crippen LogP contribution in [0.15, 0.2) is 48.6 Å². The molecule has 0 fully saturated rings. The van der Waals surface area contributed by atoms with Gasteiger partial charge in [0.2, 0.25) is 0 Å². The van der Waals surface area contributed by atoms with Gasteiger partial charge in [-0.3, -0.25) is 9.59 Å². The molecule has 2 atom stereocenters. The summed E-state index contributed by atoms with van der Waals surface area (Å²) in [6, 6.07) is 0. The third-order valence-electron chi connectivity index (χ3n) is 3.86. The average molecular weight is 290 g/mol. The van der Waals surface area contributed by atoms with E-state index in [-0.39, 0.29) is 13.2 Å². The number of allylic oxidation sites excluding steroid dienone is 6. The van der Waals surface area contributed by atoms with Gasteiger partial charge in [0.1, 0.15) is 10.8 Å². The number of hydrogen-bond donors (Lipinski definition) is 2. The SMILES string of the molecule is O=C(O)C1(COCC2(C(=O)O)C=CC=CC2)C=CC=CC1. The van der Waals surface area contributed by atoms with E-state index in [1.54, 1.807) is 48.6 Å². The summed E-state index contributed by atoms with van der Waals surface area (Å²) in [7, 11) is 0. The van der Waals surface area contributed by atoms with Crippen molar-refractivity contribution in [2.45, 2.75) is 12.8 Å². The van der Waals surface area contributed by atoms with Crippen molar-refractivity contribution in [1.82, 2.24) is 0 Å². The van der Waals surface area contributed by atoms with Gasteiger partial charge in [0.25, 0.3) is 0 Å². The standard InChI is InChI=1S/C16H18O5/c17-13(18)15(7-3-1-4-8-15)11-21-12-16(14(19)20)9-5-2-6-10-16/h1-7,9H,8,10-12H2,(H,17,18)(H,19,20). The fourth-order valence-electron chi connectivity index (χ4n) is 2.40. The van der Waals surface area contributed by atoms with Gasteiger partial charge in [-0.05, 0) is 12.8 Å². The van der Waals surface area contributed by atoms with Crippen LogP contribution < -0.4 is 0 Å². The van der Waals surface area contributed by atoms with E-state index < -0.39 is 22.8 Å². The van der Waals surface area contributed by atoms with Crippen LogP contribution in [0.4, 0.5) is 0 Å². The summed E-state index contributed by atoms with van der Waals surface area (Å²) in [5.74, 6) is -1.93. The third kappa shape index (κ3) is 3.13. The molecule has 21 heavy (non-hydrogen) atoms. The van der Waals surface area contributed by atoms with Crippen molar-refractivity contribution >= 4 is 11.9 Å². The minimum absolute atomic E-state index is 0.0459. The molecular weight excluding hydrogens is 272 g/mol. The molecule has 2 N–H and O–H groups in total. The number of aliphatic carboxylic acids is 2. The summed E-state index contributed by atoms with van der Waals surface area (Å²) in [5.41, 5.74) is -2.22. The lowest BCUT2D eigenvalue weighted by molar-refractivity contribution is -0.153. The molecule has 0 aromatic carbocycles. The van der Waals surface area contributed by atoms with E-state index in [1.807, 2.05) is 0 Å². The molecule has 0 aromatic heterocycles. The molecule has 5 heteroatoms. The van der Waals surface area contributed by atoms with Crippen LogP contribution in [-0.4, -0.2) is 35.4 Å². The molecule has 0 aliphatic heterocycles. The summed E-state index contributed by atoms with van der Waals surface area (Å²) in [6.45, 7) is -0.0918. The van der Waals surface area contributed by atoms with Crippen molar-refractivity contribution in [1.29, 1.82) is 0 Å². The molecule has 2 aliphatic rings. The number of carboxylic acid groups (broad SMARTS) is 2. The Balaban J connectivity index is 2.02. The average Bonchev–Trinajstić information content (AvgIpc) is 2.49. The van der Waals surface area contributed by atoms with Crippen LogP contribution >= 0.6 is 0 Å². The molecule has 0 amide bonds. The van der Waals surface area contributed by atoms with E-state index in [2.05, 4.69) is 0 Å². The topological polar surface area (TPSA) is 83.8 Å². The Hall–Kier alpha value is -2.14. The molecular formula is C16H18O5. The Labute approximate surface area is 122 Å². The van der Waals surface area contributed by atoms with E-state index in [0.29, 0.717) is 12.8 Å². The van der Waals surface area contributed by atoms with Crippen LogP contribution in [0.5, 0.6) is 0 Å². The predicted molar refractivity (Wildman–Crippen MR) is 76.8 cm³/mol. The summed E-state index contributed by atoms with van der Waals surface area (Å²) in [4.78, 5) is 22.9. The highest BCUT2D eigenvalue weighted by molar-refractivity contribution is 5.79. The Kier molecular flexibility index (Phi) is 4.43. The number of rotatable bonds is 6. The van der Waals surface area contributed by atoms with Gasteiger partial charge >= 0.3 is 11.9 Å². The molecule has 0 saturated heterocycles. The zero-order chi connectivity index (χ0) is 15.3. The van der Waals surface area contributed by atoms with E-state index in [1.165, 1.54) is 0 Å². The van der Waals surface area contributed by atoms with E-state index >= 15 is 0 Å². The lowest BCUT2D eigenvalue weighted by Crippen LogP contribution is -2.39. The molecule has 0 heterocycles. The molecule has 0 bridgehead atoms. The monoisotopic (exact) mass is 290 g/mol. The first-order valence-electron chi connectivity index (χ1n) is 6.74. The summed E-state index contributed by atoms with van der Waals surface area (Å²) >= 11 is 0. The number of hydrogen-bond acceptors (Lipinski definition) is 3. The number of carbonyl (C=O) groups is 2. The Bertz CT molecular complexity index is 495. The van der Waals surface area contributed by atoms with Crippen LogP contribution in [0.1, 0.15) is 12.8 Å². The normalized spacial score (nSPS) is 30.5. The zero-order valence-electron chi connectivity index (χ0n) is 11.6. The molecule has 2 rings (SSSR count). The maximum Gasteiger partial charge on any atom is 0.316 e. The highest BCUT2D eigenvalue weighted by Crippen LogP contribution is 2.32. The van der Waals surface area contributed by atoms with Crippen molar-refractivity contribution in [2.24, 2.45) is 10.8 Å². The molecule has 5 nitrogen and oxygen atoms in total. The smallest absolute Gasteiger partial charge is 0.316 e. The first-order valence-corrected chi connectivity index (χ1v) is 6.74. The number of carboxylic acids is 2. The van der Waals surface area contributed by atoms with Gasteiger partial charge < -0.3 is 14.9 Å². The second-order valence-corrected chi connectivity index (χ2v) is 5.40. The molecule has 0 aromatic rings. The largest absolute Gasteiger partial charge is 0.481 e. The van der Waals surface area contributed by atoms with Gasteiger partial charge in [0.15, 0.2) is 0 Å². The van der Waals surface area contributed by atoms with E-state index in [0.717, 1.165) is 0 Å². The van der Waals surface area contributed by atoms with Gasteiger partial charge in [-0.15, -0.1) is 0 Å². The van der Waals surface area contributed by atoms with Crippen LogP contribution in [0.2, 0.25) is 0 Å². The van der Waals surface area contributed by atoms with Crippen molar-refractivity contribution in [2.75, 3.05) is 13.2 Å². The quantitative estimate of drug-likeness (QED) is 0.783. The maximum absolute atomic E-state index is 11.5. The molecule has 2 aliphatic carbocycles. The van der Waals surface area contributed by atoms with Gasteiger partial charge in [-0.25, -0.2) is 0 Å². The molecule has 2 unspecified atom stereocenters. The van der Waals surface area contributed by atoms with Crippen LogP contribution in [0.25, 0.3) is 0 Å². The third-order valence-corrected chi connectivity index (χ3v) is 3.86. The maximum atomic E-state index is 11.5. The minimum Gasteiger partial charge on any atom is -0.481 e. The second-order valence-electron chi connectivity index (χ2n) is 5.40. The van der Waals surface area contributed by atoms with Crippen molar-refractivity contribution in [3.05, 3.63) is 48.6 Å². The molecule has 0 spiro atoms. The fourth-order valence-corrected chi connectivity index (χ4v) is 2.40. The van der Waals surface area contributed by atoms with Crippen molar-refractivity contribution < 1.29 is 24.5 Å². The van der Waals surface area contributed by atoms with Gasteiger partial charge in [0, 0.05) is 0 Å². The lowest BCUT2D eigenvalue weighted by atomic mass is 9.81. The molecule has 0 radical (unpaired) electrons. The van der Waals surface area contributed by atoms with Crippen molar-refractivity contribution in [3.8, 4) is 0 Å². The highest BCUT2D eigenvalue weighted by Gasteiger charge is 2.40. The summed E-state index contributed by atoms with van der Waals surface area (Å²) < 4.78 is 5.51. The van der Waals surface area contributed by atoms with Gasteiger partial charge in [0.05, 0.1) is 13.2 Å². The van der Waals surface area contributed by atoms with Gasteiger partial charge in [-0.2, -0.15) is 0 Å². The van der Waals surface area contributed by atoms with E-state index in [4.69, 9.17) is 4.74 Å². The first kappa shape index (κ1) is 15.3. The Morgan fingerprint density at radius 3 is 1.57 bits per heavy atom. The second kappa shape index (κ2) is 6.10. The Morgan fingerprint density at radius 1 is 0.857 bits per heavy atom. The molecule has 0 saturated carbocycles. The Morgan fingerprint density at radius 2 is 1.29 bits per heavy atom. The number of ether oxygens (including phenoxy) is 1. The lowest BCUT2D eigenvalue weighted by Gasteiger charge is -2.30. The first-order chi connectivity index (χ1) is 10.0. The van der Waals surface area contributed by atoms with Crippen molar-refractivity contribution in [3.63, 3.8) is 0 Å².